The summed E-state index contributed by atoms with van der Waals surface area (Å²) >= 11 is 0. The Bertz CT molecular complexity index is 271. The van der Waals surface area contributed by atoms with E-state index < -0.39 is 0 Å². The number of amides is 1. The molecule has 3 N–H and O–H groups in total. The number of aliphatic hydroxyl groups is 2. The molecule has 0 bridgehead atoms. The van der Waals surface area contributed by atoms with E-state index in [1.54, 1.807) is 6.92 Å². The average Bonchev–Trinajstić information content (AvgIpc) is 2.39. The molecule has 0 aromatic heterocycles. The fraction of sp³-hybridized carbons (Fsp3) is 0.929. The van der Waals surface area contributed by atoms with Crippen LogP contribution in [0.1, 0.15) is 39.5 Å². The van der Waals surface area contributed by atoms with E-state index in [9.17, 15) is 9.90 Å². The second-order valence-corrected chi connectivity index (χ2v) is 5.51. The maximum absolute atomic E-state index is 12.0. The molecular weight excluding hydrogens is 244 g/mol. The minimum absolute atomic E-state index is 0.140. The fourth-order valence-electron chi connectivity index (χ4n) is 2.60. The molecule has 1 rings (SSSR count). The molecule has 0 spiro atoms. The first-order valence-electron chi connectivity index (χ1n) is 7.38. The van der Waals surface area contributed by atoms with Gasteiger partial charge >= 0.3 is 0 Å². The second kappa shape index (κ2) is 8.51. The van der Waals surface area contributed by atoms with Crippen molar-refractivity contribution in [1.82, 2.24) is 10.2 Å². The van der Waals surface area contributed by atoms with Gasteiger partial charge < -0.3 is 20.4 Å². The SMILES string of the molecule is CCCC(=O)N1CC(NCCCO)CC(C(C)O)C1. The van der Waals surface area contributed by atoms with Crippen molar-refractivity contribution in [2.24, 2.45) is 5.92 Å². The van der Waals surface area contributed by atoms with Crippen LogP contribution in [0.3, 0.4) is 0 Å². The Morgan fingerprint density at radius 3 is 2.79 bits per heavy atom. The van der Waals surface area contributed by atoms with Gasteiger partial charge in [0.1, 0.15) is 0 Å². The Labute approximate surface area is 116 Å². The van der Waals surface area contributed by atoms with Gasteiger partial charge in [-0.1, -0.05) is 6.92 Å². The van der Waals surface area contributed by atoms with E-state index in [4.69, 9.17) is 5.11 Å². The van der Waals surface area contributed by atoms with Crippen LogP contribution in [-0.4, -0.2) is 59.4 Å². The Balaban J connectivity index is 2.54. The summed E-state index contributed by atoms with van der Waals surface area (Å²) in [5.74, 6) is 0.322. The predicted octanol–water partition coefficient (Wildman–Crippen LogP) is 0.356. The number of rotatable bonds is 7. The van der Waals surface area contributed by atoms with Crippen LogP contribution in [0, 0.1) is 5.92 Å². The summed E-state index contributed by atoms with van der Waals surface area (Å²) in [6.07, 6.45) is 2.66. The highest BCUT2D eigenvalue weighted by atomic mass is 16.3. The van der Waals surface area contributed by atoms with E-state index in [0.717, 1.165) is 25.8 Å². The lowest BCUT2D eigenvalue weighted by Crippen LogP contribution is -2.53. The molecule has 1 heterocycles. The number of aliphatic hydroxyl groups excluding tert-OH is 2. The van der Waals surface area contributed by atoms with Gasteiger partial charge in [0.15, 0.2) is 0 Å². The highest BCUT2D eigenvalue weighted by Crippen LogP contribution is 2.21. The van der Waals surface area contributed by atoms with Crippen molar-refractivity contribution in [2.45, 2.75) is 51.7 Å². The standard InChI is InChI=1S/C14H28N2O3/c1-3-5-14(19)16-9-12(11(2)18)8-13(10-16)15-6-4-7-17/h11-13,15,17-18H,3-10H2,1-2H3. The number of nitrogens with one attached hydrogen (secondary N) is 1. The van der Waals surface area contributed by atoms with Gasteiger partial charge in [-0.2, -0.15) is 0 Å². The monoisotopic (exact) mass is 272 g/mol. The molecule has 19 heavy (non-hydrogen) atoms. The minimum Gasteiger partial charge on any atom is -0.396 e. The van der Waals surface area contributed by atoms with Gasteiger partial charge in [-0.05, 0) is 32.7 Å². The molecule has 0 radical (unpaired) electrons. The van der Waals surface area contributed by atoms with Gasteiger partial charge in [0, 0.05) is 38.1 Å². The van der Waals surface area contributed by atoms with Gasteiger partial charge in [-0.15, -0.1) is 0 Å². The number of carbonyl (C=O) groups excluding carboxylic acids is 1. The van der Waals surface area contributed by atoms with E-state index in [1.807, 2.05) is 11.8 Å². The zero-order valence-electron chi connectivity index (χ0n) is 12.1. The summed E-state index contributed by atoms with van der Waals surface area (Å²) < 4.78 is 0. The third-order valence-electron chi connectivity index (χ3n) is 3.75. The van der Waals surface area contributed by atoms with Crippen molar-refractivity contribution in [1.29, 1.82) is 0 Å². The van der Waals surface area contributed by atoms with Crippen LogP contribution >= 0.6 is 0 Å². The summed E-state index contributed by atoms with van der Waals surface area (Å²) in [6, 6.07) is 0.223. The molecule has 1 saturated heterocycles. The molecule has 112 valence electrons. The first-order valence-corrected chi connectivity index (χ1v) is 7.38. The quantitative estimate of drug-likeness (QED) is 0.585. The summed E-state index contributed by atoms with van der Waals surface area (Å²) in [6.45, 7) is 6.11. The van der Waals surface area contributed by atoms with Gasteiger partial charge in [0.2, 0.25) is 5.91 Å². The van der Waals surface area contributed by atoms with Crippen molar-refractivity contribution < 1.29 is 15.0 Å². The Morgan fingerprint density at radius 2 is 2.21 bits per heavy atom. The fourth-order valence-corrected chi connectivity index (χ4v) is 2.60. The van der Waals surface area contributed by atoms with Crippen LogP contribution in [0.4, 0.5) is 0 Å². The molecule has 1 amide bonds. The largest absolute Gasteiger partial charge is 0.396 e. The van der Waals surface area contributed by atoms with Crippen molar-refractivity contribution in [3.63, 3.8) is 0 Å². The van der Waals surface area contributed by atoms with Crippen LogP contribution in [0.5, 0.6) is 0 Å². The molecule has 0 aromatic rings. The normalized spacial score (nSPS) is 25.4. The van der Waals surface area contributed by atoms with E-state index in [1.165, 1.54) is 0 Å². The van der Waals surface area contributed by atoms with Crippen molar-refractivity contribution in [3.8, 4) is 0 Å². The third kappa shape index (κ3) is 5.47. The Kier molecular flexibility index (Phi) is 7.34. The number of nitrogens with zero attached hydrogens (tertiary/aromatic N) is 1. The lowest BCUT2D eigenvalue weighted by Gasteiger charge is -2.39. The molecule has 0 aromatic carbocycles. The Morgan fingerprint density at radius 1 is 1.47 bits per heavy atom. The molecule has 5 nitrogen and oxygen atoms in total. The molecule has 3 atom stereocenters. The molecule has 1 aliphatic rings. The molecular formula is C14H28N2O3. The molecule has 1 aliphatic heterocycles. The van der Waals surface area contributed by atoms with Crippen molar-refractivity contribution in [2.75, 3.05) is 26.2 Å². The summed E-state index contributed by atoms with van der Waals surface area (Å²) in [5, 5.41) is 22.0. The summed E-state index contributed by atoms with van der Waals surface area (Å²) in [7, 11) is 0. The maximum Gasteiger partial charge on any atom is 0.222 e. The smallest absolute Gasteiger partial charge is 0.222 e. The van der Waals surface area contributed by atoms with Gasteiger partial charge in [-0.3, -0.25) is 4.79 Å². The van der Waals surface area contributed by atoms with Crippen LogP contribution in [0.15, 0.2) is 0 Å². The van der Waals surface area contributed by atoms with Crippen LogP contribution in [0.2, 0.25) is 0 Å². The first-order chi connectivity index (χ1) is 9.08. The number of hydrogen-bond donors (Lipinski definition) is 3. The van der Waals surface area contributed by atoms with E-state index in [0.29, 0.717) is 19.5 Å². The van der Waals surface area contributed by atoms with Crippen molar-refractivity contribution >= 4 is 5.91 Å². The number of carbonyl (C=O) groups is 1. The van der Waals surface area contributed by atoms with Gasteiger partial charge in [0.25, 0.3) is 0 Å². The molecule has 3 unspecified atom stereocenters. The molecule has 0 saturated carbocycles. The van der Waals surface area contributed by atoms with Crippen molar-refractivity contribution in [3.05, 3.63) is 0 Å². The summed E-state index contributed by atoms with van der Waals surface area (Å²) in [4.78, 5) is 13.9. The van der Waals surface area contributed by atoms with Gasteiger partial charge in [0.05, 0.1) is 6.10 Å². The number of hydrogen-bond acceptors (Lipinski definition) is 4. The summed E-state index contributed by atoms with van der Waals surface area (Å²) in [5.41, 5.74) is 0. The first kappa shape index (κ1) is 16.4. The highest BCUT2D eigenvalue weighted by Gasteiger charge is 2.31. The number of piperidine rings is 1. The van der Waals surface area contributed by atoms with Gasteiger partial charge in [-0.25, -0.2) is 0 Å². The Hall–Kier alpha value is -0.650. The van der Waals surface area contributed by atoms with Crippen LogP contribution < -0.4 is 5.32 Å². The third-order valence-corrected chi connectivity index (χ3v) is 3.75. The topological polar surface area (TPSA) is 72.8 Å². The highest BCUT2D eigenvalue weighted by molar-refractivity contribution is 5.76. The zero-order chi connectivity index (χ0) is 14.3. The molecule has 0 aliphatic carbocycles. The van der Waals surface area contributed by atoms with E-state index in [-0.39, 0.29) is 30.6 Å². The molecule has 1 fully saturated rings. The predicted molar refractivity (Wildman–Crippen MR) is 74.8 cm³/mol. The minimum atomic E-state index is -0.389. The number of likely N-dealkylation sites (tertiary alicyclic amines) is 1. The lowest BCUT2D eigenvalue weighted by atomic mass is 9.90. The van der Waals surface area contributed by atoms with E-state index >= 15 is 0 Å². The molecule has 5 heteroatoms. The second-order valence-electron chi connectivity index (χ2n) is 5.51. The lowest BCUT2D eigenvalue weighted by molar-refractivity contribution is -0.134. The zero-order valence-corrected chi connectivity index (χ0v) is 12.1. The van der Waals surface area contributed by atoms with Crippen LogP contribution in [0.25, 0.3) is 0 Å². The van der Waals surface area contributed by atoms with E-state index in [2.05, 4.69) is 5.32 Å². The average molecular weight is 272 g/mol. The van der Waals surface area contributed by atoms with Crippen LogP contribution in [-0.2, 0) is 4.79 Å². The maximum atomic E-state index is 12.0.